The van der Waals surface area contributed by atoms with Crippen LogP contribution in [0, 0.1) is 0 Å². The normalized spacial score (nSPS) is 8.80. The maximum atomic E-state index is 10.5. The van der Waals surface area contributed by atoms with Crippen molar-refractivity contribution < 1.29 is 0 Å². The molecule has 6 heteroatoms. The summed E-state index contributed by atoms with van der Waals surface area (Å²) in [5.74, 6) is 0. The summed E-state index contributed by atoms with van der Waals surface area (Å²) in [4.78, 5) is 21.0. The highest BCUT2D eigenvalue weighted by molar-refractivity contribution is 4.82. The van der Waals surface area contributed by atoms with Crippen LogP contribution >= 0.6 is 0 Å². The molecule has 10 heavy (non-hydrogen) atoms. The summed E-state index contributed by atoms with van der Waals surface area (Å²) in [6, 6.07) is 0. The summed E-state index contributed by atoms with van der Waals surface area (Å²) in [6.07, 6.45) is 1.58. The van der Waals surface area contributed by atoms with Gasteiger partial charge in [-0.3, -0.25) is 9.59 Å². The van der Waals surface area contributed by atoms with Crippen molar-refractivity contribution in [2.24, 2.45) is 0 Å². The second-order valence-electron chi connectivity index (χ2n) is 1.40. The molecule has 0 radical (unpaired) electrons. The predicted octanol–water partition coefficient (Wildman–Crippen LogP) is -2.01. The van der Waals surface area contributed by atoms with E-state index >= 15 is 0 Å². The molecule has 0 amide bonds. The zero-order chi connectivity index (χ0) is 7.40. The van der Waals surface area contributed by atoms with E-state index in [-0.39, 0.29) is 0 Å². The molecule has 0 fully saturated rings. The maximum Gasteiger partial charge on any atom is 0.247 e. The van der Waals surface area contributed by atoms with Gasteiger partial charge in [-0.15, -0.1) is 10.2 Å². The number of hydrogen-bond donors (Lipinski definition) is 0. The Labute approximate surface area is 54.6 Å². The summed E-state index contributed by atoms with van der Waals surface area (Å²) in [7, 11) is 0. The van der Waals surface area contributed by atoms with Crippen molar-refractivity contribution in [2.45, 2.75) is 0 Å². The molecule has 0 aliphatic rings. The third-order valence-electron chi connectivity index (χ3n) is 0.736. The van der Waals surface area contributed by atoms with Crippen molar-refractivity contribution in [3.63, 3.8) is 0 Å². The third-order valence-corrected chi connectivity index (χ3v) is 0.736. The lowest BCUT2D eigenvalue weighted by Gasteiger charge is -1.68. The quantitative estimate of drug-likeness (QED) is 0.385. The predicted molar refractivity (Wildman–Crippen MR) is 30.2 cm³/mol. The minimum atomic E-state index is -0.748. The summed E-state index contributed by atoms with van der Waals surface area (Å²) in [5.41, 5.74) is -1.50. The number of aromatic nitrogens is 4. The van der Waals surface area contributed by atoms with Crippen molar-refractivity contribution in [3.8, 4) is 0 Å². The van der Waals surface area contributed by atoms with Gasteiger partial charge >= 0.3 is 0 Å². The van der Waals surface area contributed by atoms with E-state index < -0.39 is 10.9 Å². The summed E-state index contributed by atoms with van der Waals surface area (Å²) >= 11 is 0. The zero-order valence-electron chi connectivity index (χ0n) is 4.76. The van der Waals surface area contributed by atoms with E-state index in [2.05, 4.69) is 20.6 Å². The molecule has 0 atom stereocenters. The van der Waals surface area contributed by atoms with Gasteiger partial charge in [0, 0.05) is 0 Å². The van der Waals surface area contributed by atoms with Gasteiger partial charge in [-0.1, -0.05) is 0 Å². The monoisotopic (exact) mass is 138 g/mol. The molecule has 50 valence electrons. The van der Waals surface area contributed by atoms with Crippen molar-refractivity contribution >= 4 is 0 Å². The van der Waals surface area contributed by atoms with Crippen LogP contribution in [0.5, 0.6) is 0 Å². The van der Waals surface area contributed by atoms with Crippen molar-refractivity contribution in [1.82, 2.24) is 20.6 Å². The maximum absolute atomic E-state index is 10.5. The molecular formula is C4H2N4O2. The van der Waals surface area contributed by atoms with E-state index in [0.717, 1.165) is 12.4 Å². The number of rotatable bonds is 0. The van der Waals surface area contributed by atoms with Gasteiger partial charge in [0.25, 0.3) is 0 Å². The van der Waals surface area contributed by atoms with Gasteiger partial charge in [0.15, 0.2) is 0 Å². The lowest BCUT2D eigenvalue weighted by molar-refractivity contribution is 0.780. The van der Waals surface area contributed by atoms with Gasteiger partial charge in [0.2, 0.25) is 10.9 Å². The van der Waals surface area contributed by atoms with Crippen LogP contribution in [0.15, 0.2) is 22.0 Å². The molecule has 0 aliphatic carbocycles. The summed E-state index contributed by atoms with van der Waals surface area (Å²) < 4.78 is 0. The first-order valence-corrected chi connectivity index (χ1v) is 2.35. The standard InChI is InChI=1S/C4H2N4O2/c9-3-1-5-7-8-6-2-4(3)10/h1-2H. The Balaban J connectivity index is 3.52. The third kappa shape index (κ3) is 1.38. The van der Waals surface area contributed by atoms with Gasteiger partial charge in [-0.2, -0.15) is 0 Å². The zero-order valence-corrected chi connectivity index (χ0v) is 4.76. The van der Waals surface area contributed by atoms with Crippen LogP contribution in [-0.2, 0) is 0 Å². The second-order valence-corrected chi connectivity index (χ2v) is 1.40. The van der Waals surface area contributed by atoms with Crippen LogP contribution in [0.3, 0.4) is 0 Å². The van der Waals surface area contributed by atoms with Crippen LogP contribution in [0.2, 0.25) is 0 Å². The minimum Gasteiger partial charge on any atom is -0.284 e. The molecule has 0 aromatic carbocycles. The molecule has 0 N–H and O–H groups in total. The van der Waals surface area contributed by atoms with Gasteiger partial charge < -0.3 is 0 Å². The first-order valence-electron chi connectivity index (χ1n) is 2.35. The van der Waals surface area contributed by atoms with E-state index in [0.29, 0.717) is 0 Å². The molecule has 1 rings (SSSR count). The lowest BCUT2D eigenvalue weighted by atomic mass is 10.6. The van der Waals surface area contributed by atoms with E-state index in [1.807, 2.05) is 0 Å². The highest BCUT2D eigenvalue weighted by Crippen LogP contribution is 1.44. The molecule has 1 heterocycles. The smallest absolute Gasteiger partial charge is 0.247 e. The molecule has 1 aromatic heterocycles. The fraction of sp³-hybridized carbons (Fsp3) is 0. The van der Waals surface area contributed by atoms with Crippen LogP contribution in [-0.4, -0.2) is 20.6 Å². The fourth-order valence-corrected chi connectivity index (χ4v) is 0.330. The van der Waals surface area contributed by atoms with Gasteiger partial charge in [-0.05, 0) is 10.4 Å². The van der Waals surface area contributed by atoms with Gasteiger partial charge in [0.05, 0.1) is 0 Å². The van der Waals surface area contributed by atoms with E-state index in [4.69, 9.17) is 0 Å². The largest absolute Gasteiger partial charge is 0.284 e. The van der Waals surface area contributed by atoms with Gasteiger partial charge in [-0.25, -0.2) is 0 Å². The molecular weight excluding hydrogens is 136 g/mol. The molecule has 0 bridgehead atoms. The van der Waals surface area contributed by atoms with Crippen molar-refractivity contribution in [1.29, 1.82) is 0 Å². The average Bonchev–Trinajstić information content (AvgIpc) is 1.92. The molecule has 0 saturated heterocycles. The van der Waals surface area contributed by atoms with E-state index in [1.165, 1.54) is 0 Å². The molecule has 0 unspecified atom stereocenters. The SMILES string of the molecule is O=c1cnnnncc1=O. The fourth-order valence-electron chi connectivity index (χ4n) is 0.330. The van der Waals surface area contributed by atoms with Crippen LogP contribution < -0.4 is 10.9 Å². The first-order chi connectivity index (χ1) is 4.80. The molecule has 6 nitrogen and oxygen atoms in total. The highest BCUT2D eigenvalue weighted by atomic mass is 16.2. The molecule has 0 saturated carbocycles. The summed E-state index contributed by atoms with van der Waals surface area (Å²) in [6.45, 7) is 0. The Bertz CT molecular complexity index is 304. The first kappa shape index (κ1) is 6.40. The van der Waals surface area contributed by atoms with Crippen molar-refractivity contribution in [2.75, 3.05) is 0 Å². The van der Waals surface area contributed by atoms with Gasteiger partial charge in [0.1, 0.15) is 12.4 Å². The Morgan fingerprint density at radius 2 is 1.30 bits per heavy atom. The lowest BCUT2D eigenvalue weighted by Crippen LogP contribution is -2.21. The Kier molecular flexibility index (Phi) is 1.74. The number of hydrogen-bond acceptors (Lipinski definition) is 6. The van der Waals surface area contributed by atoms with Crippen molar-refractivity contribution in [3.05, 3.63) is 32.8 Å². The van der Waals surface area contributed by atoms with E-state index in [1.54, 1.807) is 0 Å². The van der Waals surface area contributed by atoms with Crippen LogP contribution in [0.4, 0.5) is 0 Å². The highest BCUT2D eigenvalue weighted by Gasteiger charge is 1.84. The second kappa shape index (κ2) is 2.72. The summed E-state index contributed by atoms with van der Waals surface area (Å²) in [5, 5.41) is 12.3. The average molecular weight is 138 g/mol. The Morgan fingerprint density at radius 1 is 0.900 bits per heavy atom. The number of nitrogens with zero attached hydrogens (tertiary/aromatic N) is 4. The van der Waals surface area contributed by atoms with Crippen LogP contribution in [0.1, 0.15) is 0 Å². The Hall–Kier alpha value is -1.72. The Morgan fingerprint density at radius 3 is 1.70 bits per heavy atom. The van der Waals surface area contributed by atoms with Crippen LogP contribution in [0.25, 0.3) is 0 Å². The molecule has 1 aromatic rings. The van der Waals surface area contributed by atoms with E-state index in [9.17, 15) is 9.59 Å². The minimum absolute atomic E-state index is 0.748. The molecule has 0 aliphatic heterocycles. The molecule has 0 spiro atoms. The topological polar surface area (TPSA) is 85.7 Å².